The Hall–Kier alpha value is -2.30. The summed E-state index contributed by atoms with van der Waals surface area (Å²) in [6.07, 6.45) is 5.39. The van der Waals surface area contributed by atoms with E-state index in [2.05, 4.69) is 17.3 Å². The third-order valence-corrected chi connectivity index (χ3v) is 4.99. The van der Waals surface area contributed by atoms with Crippen molar-refractivity contribution in [3.05, 3.63) is 46.8 Å². The third-order valence-electron chi connectivity index (χ3n) is 4.99. The molecule has 0 spiro atoms. The van der Waals surface area contributed by atoms with Gasteiger partial charge in [-0.2, -0.15) is 0 Å². The molecule has 1 aromatic heterocycles. The Morgan fingerprint density at radius 1 is 1.29 bits per heavy atom. The summed E-state index contributed by atoms with van der Waals surface area (Å²) < 4.78 is 10.9. The second-order valence-corrected chi connectivity index (χ2v) is 6.68. The fourth-order valence-electron chi connectivity index (χ4n) is 3.78. The Labute approximate surface area is 141 Å². The van der Waals surface area contributed by atoms with E-state index in [1.165, 1.54) is 17.5 Å². The average molecular weight is 326 g/mol. The summed E-state index contributed by atoms with van der Waals surface area (Å²) in [5, 5.41) is 4.08. The first-order valence-electron chi connectivity index (χ1n) is 8.68. The molecule has 1 fully saturated rings. The zero-order valence-electron chi connectivity index (χ0n) is 14.0. The molecule has 126 valence electrons. The van der Waals surface area contributed by atoms with Crippen LogP contribution in [-0.2, 0) is 17.6 Å². The van der Waals surface area contributed by atoms with Crippen LogP contribution in [0.3, 0.4) is 0 Å². The van der Waals surface area contributed by atoms with Crippen LogP contribution in [0.4, 0.5) is 0 Å². The maximum atomic E-state index is 12.6. The zero-order chi connectivity index (χ0) is 16.5. The van der Waals surface area contributed by atoms with Gasteiger partial charge in [0.2, 0.25) is 0 Å². The van der Waals surface area contributed by atoms with Gasteiger partial charge in [-0.25, -0.2) is 0 Å². The molecule has 1 unspecified atom stereocenters. The minimum Gasteiger partial charge on any atom is -0.484 e. The number of hydrogen-bond acceptors (Lipinski definition) is 4. The van der Waals surface area contributed by atoms with Crippen LogP contribution >= 0.6 is 0 Å². The number of carbonyl (C=O) groups excluding carboxylic acids is 1. The van der Waals surface area contributed by atoms with Gasteiger partial charge in [-0.1, -0.05) is 11.2 Å². The van der Waals surface area contributed by atoms with Crippen molar-refractivity contribution in [1.82, 2.24) is 10.1 Å². The quantitative estimate of drug-likeness (QED) is 0.866. The highest BCUT2D eigenvalue weighted by Gasteiger charge is 2.32. The highest BCUT2D eigenvalue weighted by molar-refractivity contribution is 5.78. The minimum absolute atomic E-state index is 0.0126. The normalized spacial score (nSPS) is 19.5. The highest BCUT2D eigenvalue weighted by Crippen LogP contribution is 2.32. The molecule has 0 bridgehead atoms. The summed E-state index contributed by atoms with van der Waals surface area (Å²) >= 11 is 0. The molecule has 1 aromatic carbocycles. The molecule has 24 heavy (non-hydrogen) atoms. The molecular weight excluding hydrogens is 304 g/mol. The number of likely N-dealkylation sites (tertiary alicyclic amines) is 1. The molecule has 5 heteroatoms. The molecule has 1 amide bonds. The van der Waals surface area contributed by atoms with Crippen LogP contribution < -0.4 is 4.74 Å². The lowest BCUT2D eigenvalue weighted by Gasteiger charge is -2.23. The van der Waals surface area contributed by atoms with Gasteiger partial charge in [0.1, 0.15) is 17.2 Å². The largest absolute Gasteiger partial charge is 0.484 e. The van der Waals surface area contributed by atoms with Gasteiger partial charge in [0.05, 0.1) is 6.04 Å². The van der Waals surface area contributed by atoms with E-state index >= 15 is 0 Å². The molecule has 2 aromatic rings. The number of nitrogens with zero attached hydrogens (tertiary/aromatic N) is 2. The van der Waals surface area contributed by atoms with E-state index in [0.717, 1.165) is 49.4 Å². The molecule has 2 heterocycles. The molecule has 1 aliphatic carbocycles. The lowest BCUT2D eigenvalue weighted by molar-refractivity contribution is -0.134. The number of carbonyl (C=O) groups is 1. The maximum Gasteiger partial charge on any atom is 0.261 e. The van der Waals surface area contributed by atoms with Crippen molar-refractivity contribution in [3.8, 4) is 5.75 Å². The number of benzene rings is 1. The van der Waals surface area contributed by atoms with Crippen LogP contribution in [0.25, 0.3) is 0 Å². The van der Waals surface area contributed by atoms with Crippen molar-refractivity contribution in [1.29, 1.82) is 0 Å². The molecule has 0 saturated carbocycles. The number of amides is 1. The second kappa shape index (κ2) is 6.30. The van der Waals surface area contributed by atoms with E-state index in [1.54, 1.807) is 0 Å². The van der Waals surface area contributed by atoms with Crippen LogP contribution in [0.2, 0.25) is 0 Å². The Bertz CT molecular complexity index is 753. The van der Waals surface area contributed by atoms with Gasteiger partial charge in [-0.15, -0.1) is 0 Å². The number of ether oxygens (including phenoxy) is 1. The Morgan fingerprint density at radius 2 is 2.17 bits per heavy atom. The first-order chi connectivity index (χ1) is 11.7. The van der Waals surface area contributed by atoms with Crippen LogP contribution in [0.1, 0.15) is 47.9 Å². The number of rotatable bonds is 4. The van der Waals surface area contributed by atoms with Gasteiger partial charge in [0.15, 0.2) is 6.61 Å². The predicted octanol–water partition coefficient (Wildman–Crippen LogP) is 3.21. The molecule has 1 aliphatic heterocycles. The topological polar surface area (TPSA) is 55.6 Å². The van der Waals surface area contributed by atoms with Crippen LogP contribution in [0.15, 0.2) is 28.8 Å². The molecule has 0 N–H and O–H groups in total. The molecular formula is C19H22N2O3. The Kier molecular flexibility index (Phi) is 4.00. The summed E-state index contributed by atoms with van der Waals surface area (Å²) in [4.78, 5) is 14.5. The molecule has 4 rings (SSSR count). The second-order valence-electron chi connectivity index (χ2n) is 6.68. The fraction of sp³-hybridized carbons (Fsp3) is 0.474. The Morgan fingerprint density at radius 3 is 3.00 bits per heavy atom. The first-order valence-corrected chi connectivity index (χ1v) is 8.68. The van der Waals surface area contributed by atoms with Crippen LogP contribution in [-0.4, -0.2) is 29.1 Å². The van der Waals surface area contributed by atoms with E-state index in [-0.39, 0.29) is 18.6 Å². The molecule has 0 radical (unpaired) electrons. The number of hydrogen-bond donors (Lipinski definition) is 0. The number of aromatic nitrogens is 1. The van der Waals surface area contributed by atoms with Crippen LogP contribution in [0, 0.1) is 6.92 Å². The SMILES string of the molecule is Cc1cc(C2CCCN2C(=O)COc2ccc3c(c2)CCC3)no1. The Balaban J connectivity index is 1.40. The number of aryl methyl sites for hydroxylation is 3. The summed E-state index contributed by atoms with van der Waals surface area (Å²) in [6.45, 7) is 2.70. The van der Waals surface area contributed by atoms with E-state index in [1.807, 2.05) is 24.0 Å². The third kappa shape index (κ3) is 2.90. The molecule has 2 aliphatic rings. The van der Waals surface area contributed by atoms with E-state index in [4.69, 9.17) is 9.26 Å². The predicted molar refractivity (Wildman–Crippen MR) is 88.9 cm³/mol. The monoisotopic (exact) mass is 326 g/mol. The summed E-state index contributed by atoms with van der Waals surface area (Å²) in [5.41, 5.74) is 3.61. The minimum atomic E-state index is 0.0126. The van der Waals surface area contributed by atoms with Crippen molar-refractivity contribution in [2.45, 2.75) is 45.1 Å². The molecule has 1 atom stereocenters. The van der Waals surface area contributed by atoms with Gasteiger partial charge in [-0.3, -0.25) is 4.79 Å². The van der Waals surface area contributed by atoms with Crippen molar-refractivity contribution in [2.24, 2.45) is 0 Å². The standard InChI is InChI=1S/C19H22N2O3/c1-13-10-17(20-24-13)18-6-3-9-21(18)19(22)12-23-16-8-7-14-4-2-5-15(14)11-16/h7-8,10-11,18H,2-6,9,12H2,1H3. The van der Waals surface area contributed by atoms with Gasteiger partial charge in [-0.05, 0) is 62.3 Å². The average Bonchev–Trinajstić information content (AvgIpc) is 3.31. The smallest absolute Gasteiger partial charge is 0.261 e. The van der Waals surface area contributed by atoms with Crippen molar-refractivity contribution >= 4 is 5.91 Å². The van der Waals surface area contributed by atoms with Crippen LogP contribution in [0.5, 0.6) is 5.75 Å². The molecule has 1 saturated heterocycles. The first kappa shape index (κ1) is 15.2. The van der Waals surface area contributed by atoms with Gasteiger partial charge in [0, 0.05) is 12.6 Å². The molecule has 5 nitrogen and oxygen atoms in total. The lowest BCUT2D eigenvalue weighted by Crippen LogP contribution is -2.34. The summed E-state index contributed by atoms with van der Waals surface area (Å²) in [5.74, 6) is 1.58. The summed E-state index contributed by atoms with van der Waals surface area (Å²) in [7, 11) is 0. The zero-order valence-corrected chi connectivity index (χ0v) is 14.0. The van der Waals surface area contributed by atoms with Gasteiger partial charge in [0.25, 0.3) is 5.91 Å². The maximum absolute atomic E-state index is 12.6. The lowest BCUT2D eigenvalue weighted by atomic mass is 10.1. The van der Waals surface area contributed by atoms with Gasteiger partial charge >= 0.3 is 0 Å². The number of fused-ring (bicyclic) bond motifs is 1. The van der Waals surface area contributed by atoms with Crippen molar-refractivity contribution in [3.63, 3.8) is 0 Å². The highest BCUT2D eigenvalue weighted by atomic mass is 16.5. The fourth-order valence-corrected chi connectivity index (χ4v) is 3.78. The van der Waals surface area contributed by atoms with E-state index in [9.17, 15) is 4.79 Å². The van der Waals surface area contributed by atoms with Gasteiger partial charge < -0.3 is 14.2 Å². The summed E-state index contributed by atoms with van der Waals surface area (Å²) in [6, 6.07) is 8.10. The van der Waals surface area contributed by atoms with E-state index < -0.39 is 0 Å². The van der Waals surface area contributed by atoms with Crippen molar-refractivity contribution in [2.75, 3.05) is 13.2 Å². The van der Waals surface area contributed by atoms with Crippen molar-refractivity contribution < 1.29 is 14.1 Å². The van der Waals surface area contributed by atoms with E-state index in [0.29, 0.717) is 0 Å².